The highest BCUT2D eigenvalue weighted by atomic mass is 35.5. The Morgan fingerprint density at radius 1 is 1.43 bits per heavy atom. The largest absolute Gasteiger partial charge is 0.271 e. The van der Waals surface area contributed by atoms with Crippen molar-refractivity contribution in [3.05, 3.63) is 34.9 Å². The van der Waals surface area contributed by atoms with Gasteiger partial charge in [-0.05, 0) is 30.5 Å². The van der Waals surface area contributed by atoms with Gasteiger partial charge in [0.15, 0.2) is 0 Å². The third-order valence-corrected chi connectivity index (χ3v) is 2.58. The maximum atomic E-state index is 5.89. The second-order valence-electron chi connectivity index (χ2n) is 3.11. The lowest BCUT2D eigenvalue weighted by molar-refractivity contribution is 0.511. The molecular weight excluding hydrogens is 219 g/mol. The first kappa shape index (κ1) is 11.8. The summed E-state index contributed by atoms with van der Waals surface area (Å²) in [5.74, 6) is 6.11. The number of rotatable bonds is 5. The Morgan fingerprint density at radius 2 is 2.21 bits per heavy atom. The number of hydrogen-bond donors (Lipinski definition) is 2. The smallest absolute Gasteiger partial charge is 0.0460 e. The SMILES string of the molecule is NNC(CCCCl)c1cccc(Cl)c1. The monoisotopic (exact) mass is 232 g/mol. The fourth-order valence-corrected chi connectivity index (χ4v) is 1.70. The molecule has 0 aromatic heterocycles. The van der Waals surface area contributed by atoms with Crippen molar-refractivity contribution < 1.29 is 0 Å². The molecule has 0 radical (unpaired) electrons. The Morgan fingerprint density at radius 3 is 2.79 bits per heavy atom. The van der Waals surface area contributed by atoms with Crippen molar-refractivity contribution in [3.8, 4) is 0 Å². The van der Waals surface area contributed by atoms with Gasteiger partial charge in [-0.25, -0.2) is 0 Å². The second-order valence-corrected chi connectivity index (χ2v) is 3.92. The van der Waals surface area contributed by atoms with Crippen molar-refractivity contribution in [1.29, 1.82) is 0 Å². The van der Waals surface area contributed by atoms with Crippen molar-refractivity contribution >= 4 is 23.2 Å². The van der Waals surface area contributed by atoms with Gasteiger partial charge >= 0.3 is 0 Å². The van der Waals surface area contributed by atoms with E-state index in [-0.39, 0.29) is 6.04 Å². The zero-order valence-corrected chi connectivity index (χ0v) is 9.35. The first-order valence-corrected chi connectivity index (χ1v) is 5.46. The molecule has 0 spiro atoms. The Balaban J connectivity index is 2.68. The van der Waals surface area contributed by atoms with Crippen molar-refractivity contribution in [2.24, 2.45) is 5.84 Å². The van der Waals surface area contributed by atoms with Crippen LogP contribution in [0.2, 0.25) is 5.02 Å². The third kappa shape index (κ3) is 3.46. The molecule has 1 aromatic rings. The van der Waals surface area contributed by atoms with Gasteiger partial charge in [-0.15, -0.1) is 11.6 Å². The van der Waals surface area contributed by atoms with Crippen LogP contribution in [-0.4, -0.2) is 5.88 Å². The Labute approximate surface area is 94.4 Å². The maximum absolute atomic E-state index is 5.89. The molecule has 0 aliphatic heterocycles. The highest BCUT2D eigenvalue weighted by Crippen LogP contribution is 2.20. The first-order chi connectivity index (χ1) is 6.77. The van der Waals surface area contributed by atoms with Gasteiger partial charge in [0.05, 0.1) is 0 Å². The molecule has 1 unspecified atom stereocenters. The summed E-state index contributed by atoms with van der Waals surface area (Å²) in [6, 6.07) is 7.82. The number of hydrogen-bond acceptors (Lipinski definition) is 2. The van der Waals surface area contributed by atoms with E-state index in [0.717, 1.165) is 23.4 Å². The minimum absolute atomic E-state index is 0.132. The molecule has 78 valence electrons. The molecule has 0 saturated heterocycles. The summed E-state index contributed by atoms with van der Waals surface area (Å²) in [4.78, 5) is 0. The average Bonchev–Trinajstić information content (AvgIpc) is 2.19. The molecule has 1 atom stereocenters. The van der Waals surface area contributed by atoms with E-state index in [9.17, 15) is 0 Å². The standard InChI is InChI=1S/C10H14Cl2N2/c11-6-2-5-10(14-13)8-3-1-4-9(12)7-8/h1,3-4,7,10,14H,2,5-6,13H2. The van der Waals surface area contributed by atoms with Gasteiger partial charge in [-0.2, -0.15) is 0 Å². The third-order valence-electron chi connectivity index (χ3n) is 2.08. The van der Waals surface area contributed by atoms with Gasteiger partial charge < -0.3 is 0 Å². The molecule has 14 heavy (non-hydrogen) atoms. The lowest BCUT2D eigenvalue weighted by atomic mass is 10.0. The lowest BCUT2D eigenvalue weighted by Gasteiger charge is -2.15. The number of benzene rings is 1. The molecule has 0 aliphatic rings. The molecule has 1 aromatic carbocycles. The van der Waals surface area contributed by atoms with Crippen LogP contribution in [0.4, 0.5) is 0 Å². The summed E-state index contributed by atoms with van der Waals surface area (Å²) in [5, 5.41) is 0.730. The summed E-state index contributed by atoms with van der Waals surface area (Å²) < 4.78 is 0. The van der Waals surface area contributed by atoms with E-state index in [1.807, 2.05) is 24.3 Å². The molecule has 0 aliphatic carbocycles. The first-order valence-electron chi connectivity index (χ1n) is 4.55. The van der Waals surface area contributed by atoms with E-state index in [4.69, 9.17) is 29.0 Å². The van der Waals surface area contributed by atoms with Crippen LogP contribution in [0.15, 0.2) is 24.3 Å². The quantitative estimate of drug-likeness (QED) is 0.466. The van der Waals surface area contributed by atoms with Gasteiger partial charge in [0, 0.05) is 16.9 Å². The van der Waals surface area contributed by atoms with E-state index in [0.29, 0.717) is 5.88 Å². The van der Waals surface area contributed by atoms with Gasteiger partial charge in [-0.3, -0.25) is 11.3 Å². The Hall–Kier alpha value is -0.280. The minimum atomic E-state index is 0.132. The Kier molecular flexibility index (Phi) is 5.26. The average molecular weight is 233 g/mol. The summed E-state index contributed by atoms with van der Waals surface area (Å²) >= 11 is 11.5. The molecular formula is C10H14Cl2N2. The molecule has 2 nitrogen and oxygen atoms in total. The predicted octanol–water partition coefficient (Wildman–Crippen LogP) is 2.86. The molecule has 4 heteroatoms. The van der Waals surface area contributed by atoms with Crippen LogP contribution < -0.4 is 11.3 Å². The van der Waals surface area contributed by atoms with Crippen molar-refractivity contribution in [2.75, 3.05) is 5.88 Å². The number of nitrogens with two attached hydrogens (primary N) is 1. The van der Waals surface area contributed by atoms with E-state index in [2.05, 4.69) is 5.43 Å². The molecule has 0 amide bonds. The van der Waals surface area contributed by atoms with Gasteiger partial charge in [0.25, 0.3) is 0 Å². The summed E-state index contributed by atoms with van der Waals surface area (Å²) in [6.45, 7) is 0. The van der Waals surface area contributed by atoms with Crippen LogP contribution in [0.1, 0.15) is 24.4 Å². The van der Waals surface area contributed by atoms with Crippen LogP contribution >= 0.6 is 23.2 Å². The summed E-state index contributed by atoms with van der Waals surface area (Å²) in [6.07, 6.45) is 1.85. The van der Waals surface area contributed by atoms with Crippen LogP contribution in [0.25, 0.3) is 0 Å². The Bertz CT molecular complexity index is 279. The fourth-order valence-electron chi connectivity index (χ4n) is 1.35. The topological polar surface area (TPSA) is 38.0 Å². The van der Waals surface area contributed by atoms with E-state index in [1.165, 1.54) is 0 Å². The number of hydrazine groups is 1. The maximum Gasteiger partial charge on any atom is 0.0460 e. The van der Waals surface area contributed by atoms with E-state index >= 15 is 0 Å². The van der Waals surface area contributed by atoms with Gasteiger partial charge in [0.2, 0.25) is 0 Å². The van der Waals surface area contributed by atoms with Crippen molar-refractivity contribution in [3.63, 3.8) is 0 Å². The molecule has 0 heterocycles. The van der Waals surface area contributed by atoms with Crippen molar-refractivity contribution in [2.45, 2.75) is 18.9 Å². The second kappa shape index (κ2) is 6.25. The predicted molar refractivity (Wildman–Crippen MR) is 61.5 cm³/mol. The zero-order chi connectivity index (χ0) is 10.4. The fraction of sp³-hybridized carbons (Fsp3) is 0.400. The molecule has 1 rings (SSSR count). The summed E-state index contributed by atoms with van der Waals surface area (Å²) in [5.41, 5.74) is 3.87. The minimum Gasteiger partial charge on any atom is -0.271 e. The highest BCUT2D eigenvalue weighted by Gasteiger charge is 2.08. The van der Waals surface area contributed by atoms with Gasteiger partial charge in [-0.1, -0.05) is 23.7 Å². The van der Waals surface area contributed by atoms with E-state index < -0.39 is 0 Å². The van der Waals surface area contributed by atoms with Crippen LogP contribution in [0, 0.1) is 0 Å². The molecule has 0 bridgehead atoms. The van der Waals surface area contributed by atoms with Gasteiger partial charge in [0.1, 0.15) is 0 Å². The lowest BCUT2D eigenvalue weighted by Crippen LogP contribution is -2.28. The zero-order valence-electron chi connectivity index (χ0n) is 7.84. The van der Waals surface area contributed by atoms with Crippen LogP contribution in [0.5, 0.6) is 0 Å². The highest BCUT2D eigenvalue weighted by molar-refractivity contribution is 6.30. The molecule has 0 fully saturated rings. The summed E-state index contributed by atoms with van der Waals surface area (Å²) in [7, 11) is 0. The normalized spacial score (nSPS) is 12.8. The number of nitrogens with one attached hydrogen (secondary N) is 1. The number of halogens is 2. The van der Waals surface area contributed by atoms with Crippen molar-refractivity contribution in [1.82, 2.24) is 5.43 Å². The molecule has 3 N–H and O–H groups in total. The van der Waals surface area contributed by atoms with Crippen LogP contribution in [-0.2, 0) is 0 Å². The van der Waals surface area contributed by atoms with Crippen LogP contribution in [0.3, 0.4) is 0 Å². The molecule has 0 saturated carbocycles. The number of alkyl halides is 1. The van der Waals surface area contributed by atoms with E-state index in [1.54, 1.807) is 0 Å².